The van der Waals surface area contributed by atoms with Gasteiger partial charge in [-0.2, -0.15) is 23.3 Å². The minimum atomic E-state index is -4.48. The van der Waals surface area contributed by atoms with Gasteiger partial charge < -0.3 is 15.6 Å². The lowest BCUT2D eigenvalue weighted by molar-refractivity contribution is -0.136. The summed E-state index contributed by atoms with van der Waals surface area (Å²) >= 11 is 0. The highest BCUT2D eigenvalue weighted by atomic mass is 19.4. The fraction of sp³-hybridized carbons (Fsp3) is 0.150. The Morgan fingerprint density at radius 2 is 1.79 bits per heavy atom. The van der Waals surface area contributed by atoms with Gasteiger partial charge in [0.05, 0.1) is 17.4 Å². The third kappa shape index (κ3) is 4.29. The molecule has 0 unspecified atom stereocenters. The highest BCUT2D eigenvalue weighted by Gasteiger charge is 2.33. The van der Waals surface area contributed by atoms with E-state index in [1.807, 2.05) is 30.5 Å². The SMILES string of the molecule is FC(F)(F)c1ccccc1Nc1nncc(NCCc2c[nH]c3ccccc23)n1. The molecule has 29 heavy (non-hydrogen) atoms. The highest BCUT2D eigenvalue weighted by molar-refractivity contribution is 5.83. The molecule has 4 rings (SSSR count). The molecule has 0 saturated heterocycles. The van der Waals surface area contributed by atoms with Crippen molar-refractivity contribution in [2.45, 2.75) is 12.6 Å². The fourth-order valence-electron chi connectivity index (χ4n) is 3.07. The zero-order valence-electron chi connectivity index (χ0n) is 15.2. The number of aromatic amines is 1. The molecule has 6 nitrogen and oxygen atoms in total. The lowest BCUT2D eigenvalue weighted by atomic mass is 10.1. The molecule has 0 atom stereocenters. The van der Waals surface area contributed by atoms with Crippen LogP contribution < -0.4 is 10.6 Å². The first-order valence-electron chi connectivity index (χ1n) is 8.92. The molecule has 0 aliphatic rings. The van der Waals surface area contributed by atoms with Crippen LogP contribution in [0.5, 0.6) is 0 Å². The number of benzene rings is 2. The largest absolute Gasteiger partial charge is 0.418 e. The van der Waals surface area contributed by atoms with Gasteiger partial charge in [-0.05, 0) is 30.2 Å². The van der Waals surface area contributed by atoms with Crippen molar-refractivity contribution in [1.29, 1.82) is 0 Å². The Kier molecular flexibility index (Phi) is 5.03. The van der Waals surface area contributed by atoms with Crippen LogP contribution in [0.2, 0.25) is 0 Å². The van der Waals surface area contributed by atoms with E-state index in [1.54, 1.807) is 0 Å². The lowest BCUT2D eigenvalue weighted by Crippen LogP contribution is -2.11. The molecule has 2 heterocycles. The summed E-state index contributed by atoms with van der Waals surface area (Å²) in [5.74, 6) is 0.408. The minimum Gasteiger partial charge on any atom is -0.368 e. The molecule has 9 heteroatoms. The quantitative estimate of drug-likeness (QED) is 0.436. The number of anilines is 3. The molecular formula is C20H17F3N6. The Bertz CT molecular complexity index is 1120. The molecule has 0 aliphatic carbocycles. The molecule has 2 aromatic carbocycles. The van der Waals surface area contributed by atoms with Crippen LogP contribution in [0.3, 0.4) is 0 Å². The van der Waals surface area contributed by atoms with Gasteiger partial charge in [-0.1, -0.05) is 30.3 Å². The van der Waals surface area contributed by atoms with Crippen LogP contribution in [-0.2, 0) is 12.6 Å². The number of nitrogens with one attached hydrogen (secondary N) is 3. The zero-order chi connectivity index (χ0) is 20.3. The Labute approximate surface area is 164 Å². The lowest BCUT2D eigenvalue weighted by Gasteiger charge is -2.13. The summed E-state index contributed by atoms with van der Waals surface area (Å²) in [7, 11) is 0. The Morgan fingerprint density at radius 1 is 1.00 bits per heavy atom. The number of nitrogens with zero attached hydrogens (tertiary/aromatic N) is 3. The van der Waals surface area contributed by atoms with Gasteiger partial charge in [0.1, 0.15) is 0 Å². The Hall–Kier alpha value is -3.62. The second-order valence-corrected chi connectivity index (χ2v) is 6.37. The first-order chi connectivity index (χ1) is 14.0. The topological polar surface area (TPSA) is 78.5 Å². The van der Waals surface area contributed by atoms with Gasteiger partial charge in [0.15, 0.2) is 5.82 Å². The number of hydrogen-bond donors (Lipinski definition) is 3. The van der Waals surface area contributed by atoms with Crippen LogP contribution >= 0.6 is 0 Å². The third-order valence-corrected chi connectivity index (χ3v) is 4.41. The maximum atomic E-state index is 13.1. The van der Waals surface area contributed by atoms with Crippen LogP contribution in [0.1, 0.15) is 11.1 Å². The predicted molar refractivity (Wildman–Crippen MR) is 105 cm³/mol. The highest BCUT2D eigenvalue weighted by Crippen LogP contribution is 2.35. The number of rotatable bonds is 6. The first-order valence-corrected chi connectivity index (χ1v) is 8.92. The maximum Gasteiger partial charge on any atom is 0.418 e. The number of para-hydroxylation sites is 2. The molecule has 0 aliphatic heterocycles. The molecular weight excluding hydrogens is 381 g/mol. The number of alkyl halides is 3. The van der Waals surface area contributed by atoms with Crippen molar-refractivity contribution >= 4 is 28.4 Å². The van der Waals surface area contributed by atoms with Crippen molar-refractivity contribution in [3.05, 3.63) is 72.1 Å². The summed E-state index contributed by atoms with van der Waals surface area (Å²) in [6, 6.07) is 13.2. The average Bonchev–Trinajstić information content (AvgIpc) is 3.11. The van der Waals surface area contributed by atoms with Crippen LogP contribution in [0.25, 0.3) is 10.9 Å². The van der Waals surface area contributed by atoms with E-state index in [2.05, 4.69) is 30.8 Å². The molecule has 0 bridgehead atoms. The maximum absolute atomic E-state index is 13.1. The third-order valence-electron chi connectivity index (χ3n) is 4.41. The molecule has 0 amide bonds. The fourth-order valence-corrected chi connectivity index (χ4v) is 3.07. The first kappa shape index (κ1) is 18.7. The van der Waals surface area contributed by atoms with Crippen molar-refractivity contribution in [2.24, 2.45) is 0 Å². The number of fused-ring (bicyclic) bond motifs is 1. The van der Waals surface area contributed by atoms with Gasteiger partial charge in [-0.15, -0.1) is 5.10 Å². The number of halogens is 3. The number of aromatic nitrogens is 4. The standard InChI is InChI=1S/C20H17F3N6/c21-20(22,23)15-6-2-4-8-17(15)27-19-28-18(12-26-29-19)24-10-9-13-11-25-16-7-3-1-5-14(13)16/h1-8,11-12,25H,9-10H2,(H2,24,27,28,29). The van der Waals surface area contributed by atoms with Crippen LogP contribution in [0, 0.1) is 0 Å². The predicted octanol–water partition coefficient (Wildman–Crippen LogP) is 4.77. The molecule has 3 N–H and O–H groups in total. The summed E-state index contributed by atoms with van der Waals surface area (Å²) in [5.41, 5.74) is 1.31. The summed E-state index contributed by atoms with van der Waals surface area (Å²) in [4.78, 5) is 7.42. The number of H-pyrrole nitrogens is 1. The van der Waals surface area contributed by atoms with Gasteiger partial charge in [0.2, 0.25) is 5.95 Å². The van der Waals surface area contributed by atoms with Crippen LogP contribution in [0.4, 0.5) is 30.6 Å². The minimum absolute atomic E-state index is 0.0150. The van der Waals surface area contributed by atoms with Crippen LogP contribution in [-0.4, -0.2) is 26.7 Å². The molecule has 2 aromatic heterocycles. The summed E-state index contributed by atoms with van der Waals surface area (Å²) in [5, 5.41) is 14.5. The normalized spacial score (nSPS) is 11.6. The van der Waals surface area contributed by atoms with Gasteiger partial charge in [-0.3, -0.25) is 0 Å². The van der Waals surface area contributed by atoms with E-state index in [-0.39, 0.29) is 11.6 Å². The summed E-state index contributed by atoms with van der Waals surface area (Å²) in [6.07, 6.45) is -0.346. The van der Waals surface area contributed by atoms with Crippen molar-refractivity contribution in [3.8, 4) is 0 Å². The van der Waals surface area contributed by atoms with E-state index >= 15 is 0 Å². The van der Waals surface area contributed by atoms with E-state index in [1.165, 1.54) is 24.4 Å². The Morgan fingerprint density at radius 3 is 2.66 bits per heavy atom. The molecule has 0 spiro atoms. The van der Waals surface area contributed by atoms with Gasteiger partial charge in [-0.25, -0.2) is 0 Å². The van der Waals surface area contributed by atoms with E-state index in [9.17, 15) is 13.2 Å². The molecule has 0 radical (unpaired) electrons. The monoisotopic (exact) mass is 398 g/mol. The zero-order valence-corrected chi connectivity index (χ0v) is 15.2. The second-order valence-electron chi connectivity index (χ2n) is 6.37. The van der Waals surface area contributed by atoms with E-state index in [0.29, 0.717) is 12.4 Å². The second kappa shape index (κ2) is 7.78. The van der Waals surface area contributed by atoms with Crippen molar-refractivity contribution < 1.29 is 13.2 Å². The Balaban J connectivity index is 1.43. The summed E-state index contributed by atoms with van der Waals surface area (Å²) < 4.78 is 39.4. The molecule has 4 aromatic rings. The number of hydrogen-bond acceptors (Lipinski definition) is 5. The van der Waals surface area contributed by atoms with Gasteiger partial charge in [0, 0.05) is 23.6 Å². The van der Waals surface area contributed by atoms with Crippen LogP contribution in [0.15, 0.2) is 60.9 Å². The summed E-state index contributed by atoms with van der Waals surface area (Å²) in [6.45, 7) is 0.582. The van der Waals surface area contributed by atoms with Gasteiger partial charge >= 0.3 is 6.18 Å². The average molecular weight is 398 g/mol. The van der Waals surface area contributed by atoms with Crippen molar-refractivity contribution in [2.75, 3.05) is 17.2 Å². The van der Waals surface area contributed by atoms with E-state index in [0.717, 1.165) is 29.0 Å². The molecule has 0 saturated carbocycles. The molecule has 0 fully saturated rings. The van der Waals surface area contributed by atoms with Gasteiger partial charge in [0.25, 0.3) is 0 Å². The smallest absolute Gasteiger partial charge is 0.368 e. The van der Waals surface area contributed by atoms with Crippen molar-refractivity contribution in [3.63, 3.8) is 0 Å². The molecule has 148 valence electrons. The van der Waals surface area contributed by atoms with E-state index < -0.39 is 11.7 Å². The van der Waals surface area contributed by atoms with E-state index in [4.69, 9.17) is 0 Å². The van der Waals surface area contributed by atoms with Crippen molar-refractivity contribution in [1.82, 2.24) is 20.2 Å².